The van der Waals surface area contributed by atoms with Crippen LogP contribution in [0.5, 0.6) is 0 Å². The number of hydrogen-bond donors (Lipinski definition) is 0. The Morgan fingerprint density at radius 2 is 0.667 bits per heavy atom. The van der Waals surface area contributed by atoms with Crippen LogP contribution < -0.4 is 0 Å². The van der Waals surface area contributed by atoms with E-state index in [1.54, 1.807) is 0 Å². The number of benzene rings is 10. The summed E-state index contributed by atoms with van der Waals surface area (Å²) < 4.78 is 6.52. The minimum atomic E-state index is 0.612. The van der Waals surface area contributed by atoms with Gasteiger partial charge in [-0.05, 0) is 96.4 Å². The van der Waals surface area contributed by atoms with Crippen molar-refractivity contribution in [1.82, 2.24) is 15.0 Å². The van der Waals surface area contributed by atoms with Crippen LogP contribution in [0.3, 0.4) is 0 Å². The molecule has 12 rings (SSSR count). The Kier molecular flexibility index (Phi) is 8.79. The first-order valence-corrected chi connectivity index (χ1v) is 21.2. The molecular weight excluding hydrogens is 767 g/mol. The zero-order valence-corrected chi connectivity index (χ0v) is 34.1. The lowest BCUT2D eigenvalue weighted by molar-refractivity contribution is 0.669. The van der Waals surface area contributed by atoms with Crippen molar-refractivity contribution in [3.05, 3.63) is 224 Å². The lowest BCUT2D eigenvalue weighted by Gasteiger charge is -2.10. The number of furan rings is 1. The quantitative estimate of drug-likeness (QED) is 0.161. The predicted molar refractivity (Wildman–Crippen MR) is 260 cm³/mol. The largest absolute Gasteiger partial charge is 0.456 e. The molecule has 0 spiro atoms. The highest BCUT2D eigenvalue weighted by molar-refractivity contribution is 6.13. The molecule has 0 saturated heterocycles. The maximum atomic E-state index is 6.52. The van der Waals surface area contributed by atoms with Crippen LogP contribution in [0.4, 0.5) is 0 Å². The lowest BCUT2D eigenvalue weighted by atomic mass is 9.96. The van der Waals surface area contributed by atoms with Gasteiger partial charge in [-0.25, -0.2) is 15.0 Å². The normalized spacial score (nSPS) is 11.5. The van der Waals surface area contributed by atoms with E-state index in [0.717, 1.165) is 66.4 Å². The van der Waals surface area contributed by atoms with Gasteiger partial charge in [-0.2, -0.15) is 0 Å². The van der Waals surface area contributed by atoms with Crippen molar-refractivity contribution in [3.63, 3.8) is 0 Å². The van der Waals surface area contributed by atoms with Gasteiger partial charge < -0.3 is 4.42 Å². The minimum absolute atomic E-state index is 0.612. The molecule has 0 N–H and O–H groups in total. The van der Waals surface area contributed by atoms with E-state index >= 15 is 0 Å². The van der Waals surface area contributed by atoms with Crippen LogP contribution in [0.15, 0.2) is 229 Å². The summed E-state index contributed by atoms with van der Waals surface area (Å²) in [6, 6.07) is 78.9. The van der Waals surface area contributed by atoms with Crippen molar-refractivity contribution >= 4 is 43.5 Å². The molecule has 0 aliphatic rings. The second-order valence-corrected chi connectivity index (χ2v) is 16.0. The molecule has 10 aromatic carbocycles. The summed E-state index contributed by atoms with van der Waals surface area (Å²) in [5.74, 6) is 1.85. The molecule has 0 fully saturated rings. The second kappa shape index (κ2) is 15.2. The van der Waals surface area contributed by atoms with Crippen LogP contribution in [0.1, 0.15) is 0 Å². The van der Waals surface area contributed by atoms with Gasteiger partial charge in [-0.1, -0.05) is 194 Å². The minimum Gasteiger partial charge on any atom is -0.456 e. The first-order valence-electron chi connectivity index (χ1n) is 21.2. The number of hydrogen-bond acceptors (Lipinski definition) is 4. The average molecular weight is 804 g/mol. The predicted octanol–water partition coefficient (Wildman–Crippen LogP) is 15.7. The standard InChI is InChI=1S/C59H37N3O/c1-2-9-38(10-3-1)41-17-25-44(26-18-41)57-60-58(45-27-19-42(20-28-45)49-31-23-39-11-4-6-13-47(39)35-49)62-59(61-57)46-29-21-43(22-30-46)50-33-34-53-55(37-50)63-54-16-8-15-52(56(53)54)51-32-24-40-12-5-7-14-48(40)36-51/h1-37H. The van der Waals surface area contributed by atoms with Crippen LogP contribution in [0.2, 0.25) is 0 Å². The molecule has 0 unspecified atom stereocenters. The third kappa shape index (κ3) is 6.80. The fourth-order valence-electron chi connectivity index (χ4n) is 8.80. The SMILES string of the molecule is c1ccc(-c2ccc(-c3nc(-c4ccc(-c5ccc6ccccc6c5)cc4)nc(-c4ccc(-c5ccc6c(c5)oc5cccc(-c7ccc8ccccc8c7)c56)cc4)n3)cc2)cc1. The van der Waals surface area contributed by atoms with E-state index in [1.807, 2.05) is 6.07 Å². The van der Waals surface area contributed by atoms with Crippen molar-refractivity contribution in [1.29, 1.82) is 0 Å². The average Bonchev–Trinajstić information content (AvgIpc) is 3.75. The molecule has 0 radical (unpaired) electrons. The van der Waals surface area contributed by atoms with Gasteiger partial charge in [0.2, 0.25) is 0 Å². The summed E-state index contributed by atoms with van der Waals surface area (Å²) in [6.07, 6.45) is 0. The van der Waals surface area contributed by atoms with Crippen molar-refractivity contribution in [2.24, 2.45) is 0 Å². The Bertz CT molecular complexity index is 3650. The molecule has 0 aliphatic carbocycles. The topological polar surface area (TPSA) is 51.8 Å². The van der Waals surface area contributed by atoms with Gasteiger partial charge in [-0.15, -0.1) is 0 Å². The van der Waals surface area contributed by atoms with E-state index < -0.39 is 0 Å². The van der Waals surface area contributed by atoms with Crippen LogP contribution >= 0.6 is 0 Å². The maximum absolute atomic E-state index is 6.52. The summed E-state index contributed by atoms with van der Waals surface area (Å²) in [5, 5.41) is 7.13. The molecule has 12 aromatic rings. The van der Waals surface area contributed by atoms with Crippen LogP contribution in [-0.2, 0) is 0 Å². The Labute approximate surface area is 364 Å². The molecule has 63 heavy (non-hydrogen) atoms. The molecule has 2 heterocycles. The number of aromatic nitrogens is 3. The Hall–Kier alpha value is -8.47. The smallest absolute Gasteiger partial charge is 0.164 e. The first-order chi connectivity index (χ1) is 31.2. The number of nitrogens with zero attached hydrogens (tertiary/aromatic N) is 3. The Morgan fingerprint density at radius 3 is 1.24 bits per heavy atom. The highest BCUT2D eigenvalue weighted by Crippen LogP contribution is 2.39. The molecule has 294 valence electrons. The first kappa shape index (κ1) is 36.4. The summed E-state index contributed by atoms with van der Waals surface area (Å²) in [4.78, 5) is 15.2. The summed E-state index contributed by atoms with van der Waals surface area (Å²) in [7, 11) is 0. The Balaban J connectivity index is 0.893. The molecule has 4 heteroatoms. The van der Waals surface area contributed by atoms with Crippen molar-refractivity contribution < 1.29 is 4.42 Å². The summed E-state index contributed by atoms with van der Waals surface area (Å²) in [5.41, 5.74) is 13.6. The van der Waals surface area contributed by atoms with Gasteiger partial charge in [0.1, 0.15) is 11.2 Å². The van der Waals surface area contributed by atoms with Crippen LogP contribution in [0.25, 0.3) is 122 Å². The zero-order valence-electron chi connectivity index (χ0n) is 34.1. The van der Waals surface area contributed by atoms with Crippen molar-refractivity contribution in [2.45, 2.75) is 0 Å². The Morgan fingerprint density at radius 1 is 0.254 bits per heavy atom. The molecule has 0 amide bonds. The highest BCUT2D eigenvalue weighted by Gasteiger charge is 2.16. The van der Waals surface area contributed by atoms with E-state index in [-0.39, 0.29) is 0 Å². The van der Waals surface area contributed by atoms with E-state index in [2.05, 4.69) is 218 Å². The van der Waals surface area contributed by atoms with Gasteiger partial charge in [0.15, 0.2) is 17.5 Å². The van der Waals surface area contributed by atoms with E-state index in [4.69, 9.17) is 19.4 Å². The third-order valence-corrected chi connectivity index (χ3v) is 12.1. The van der Waals surface area contributed by atoms with Gasteiger partial charge >= 0.3 is 0 Å². The third-order valence-electron chi connectivity index (χ3n) is 12.1. The van der Waals surface area contributed by atoms with Crippen molar-refractivity contribution in [2.75, 3.05) is 0 Å². The van der Waals surface area contributed by atoms with Gasteiger partial charge in [-0.3, -0.25) is 0 Å². The van der Waals surface area contributed by atoms with Gasteiger partial charge in [0, 0.05) is 27.5 Å². The molecule has 4 nitrogen and oxygen atoms in total. The molecular formula is C59H37N3O. The monoisotopic (exact) mass is 803 g/mol. The maximum Gasteiger partial charge on any atom is 0.164 e. The van der Waals surface area contributed by atoms with Crippen LogP contribution in [0, 0.1) is 0 Å². The van der Waals surface area contributed by atoms with E-state index in [0.29, 0.717) is 17.5 Å². The number of fused-ring (bicyclic) bond motifs is 5. The lowest BCUT2D eigenvalue weighted by Crippen LogP contribution is -2.00. The molecule has 2 aromatic heterocycles. The van der Waals surface area contributed by atoms with Crippen molar-refractivity contribution in [3.8, 4) is 78.7 Å². The fraction of sp³-hybridized carbons (Fsp3) is 0. The van der Waals surface area contributed by atoms with Gasteiger partial charge in [0.25, 0.3) is 0 Å². The van der Waals surface area contributed by atoms with Gasteiger partial charge in [0.05, 0.1) is 0 Å². The highest BCUT2D eigenvalue weighted by atomic mass is 16.3. The molecule has 0 bridgehead atoms. The summed E-state index contributed by atoms with van der Waals surface area (Å²) >= 11 is 0. The molecule has 0 aliphatic heterocycles. The van der Waals surface area contributed by atoms with E-state index in [1.165, 1.54) is 38.2 Å². The summed E-state index contributed by atoms with van der Waals surface area (Å²) in [6.45, 7) is 0. The molecule has 0 saturated carbocycles. The van der Waals surface area contributed by atoms with E-state index in [9.17, 15) is 0 Å². The second-order valence-electron chi connectivity index (χ2n) is 16.0. The molecule has 0 atom stereocenters. The number of rotatable bonds is 7. The zero-order chi connectivity index (χ0) is 41.7. The van der Waals surface area contributed by atoms with Crippen LogP contribution in [-0.4, -0.2) is 15.0 Å². The fourth-order valence-corrected chi connectivity index (χ4v) is 8.80.